The second-order valence-corrected chi connectivity index (χ2v) is 10.3. The summed E-state index contributed by atoms with van der Waals surface area (Å²) in [5.74, 6) is 0.835. The van der Waals surface area contributed by atoms with Gasteiger partial charge in [0.05, 0.1) is 12.2 Å². The summed E-state index contributed by atoms with van der Waals surface area (Å²) in [7, 11) is 0. The highest BCUT2D eigenvalue weighted by atomic mass is 16.5. The standard InChI is InChI=1S/C22H37N3O2/c1-21(2,3)9-6-12-24-13-10-22(11-14-24)15-18(26)20-19(27-22)16-25(23-20)17-7-4-5-8-17/h16-18,26H,4-15H2,1-3H3. The summed E-state index contributed by atoms with van der Waals surface area (Å²) >= 11 is 0. The number of ether oxygens (including phenoxy) is 1. The molecule has 1 aliphatic carbocycles. The third-order valence-corrected chi connectivity index (χ3v) is 6.80. The predicted molar refractivity (Wildman–Crippen MR) is 107 cm³/mol. The maximum Gasteiger partial charge on any atom is 0.163 e. The first kappa shape index (κ1) is 19.3. The minimum absolute atomic E-state index is 0.198. The number of fused-ring (bicyclic) bond motifs is 1. The summed E-state index contributed by atoms with van der Waals surface area (Å²) in [4.78, 5) is 2.57. The van der Waals surface area contributed by atoms with Gasteiger partial charge in [-0.1, -0.05) is 33.6 Å². The molecule has 2 fully saturated rings. The zero-order valence-electron chi connectivity index (χ0n) is 17.4. The van der Waals surface area contributed by atoms with Crippen LogP contribution in [0.1, 0.15) is 96.4 Å². The maximum atomic E-state index is 10.8. The number of piperidine rings is 1. The van der Waals surface area contributed by atoms with E-state index in [0.29, 0.717) is 17.9 Å². The summed E-state index contributed by atoms with van der Waals surface area (Å²) in [5.41, 5.74) is 0.986. The molecule has 3 aliphatic rings. The van der Waals surface area contributed by atoms with Crippen molar-refractivity contribution in [2.75, 3.05) is 19.6 Å². The number of aliphatic hydroxyl groups excluding tert-OH is 1. The van der Waals surface area contributed by atoms with Gasteiger partial charge in [0.1, 0.15) is 17.4 Å². The van der Waals surface area contributed by atoms with Gasteiger partial charge in [0.25, 0.3) is 0 Å². The second kappa shape index (κ2) is 7.40. The van der Waals surface area contributed by atoms with Crippen molar-refractivity contribution in [1.29, 1.82) is 0 Å². The topological polar surface area (TPSA) is 50.5 Å². The fourth-order valence-corrected chi connectivity index (χ4v) is 5.10. The van der Waals surface area contributed by atoms with E-state index in [1.807, 2.05) is 0 Å². The quantitative estimate of drug-likeness (QED) is 0.843. The zero-order chi connectivity index (χ0) is 19.1. The van der Waals surface area contributed by atoms with E-state index in [1.54, 1.807) is 0 Å². The Balaban J connectivity index is 1.36. The summed E-state index contributed by atoms with van der Waals surface area (Å²) in [6.45, 7) is 10.3. The highest BCUT2D eigenvalue weighted by Gasteiger charge is 2.44. The molecule has 1 N–H and O–H groups in total. The van der Waals surface area contributed by atoms with E-state index in [0.717, 1.165) is 37.4 Å². The SMILES string of the molecule is CC(C)(C)CCCN1CCC2(CC1)CC(O)c1nn(C3CCCC3)cc1O2. The maximum absolute atomic E-state index is 10.8. The van der Waals surface area contributed by atoms with Crippen LogP contribution in [0.25, 0.3) is 0 Å². The molecule has 5 nitrogen and oxygen atoms in total. The third kappa shape index (κ3) is 4.34. The Hall–Kier alpha value is -1.07. The number of rotatable bonds is 4. The van der Waals surface area contributed by atoms with Crippen molar-refractivity contribution in [1.82, 2.24) is 14.7 Å². The van der Waals surface area contributed by atoms with Crippen LogP contribution in [0.5, 0.6) is 5.75 Å². The molecule has 27 heavy (non-hydrogen) atoms. The molecule has 0 amide bonds. The van der Waals surface area contributed by atoms with Gasteiger partial charge >= 0.3 is 0 Å². The van der Waals surface area contributed by atoms with Gasteiger partial charge in [-0.05, 0) is 50.5 Å². The fraction of sp³-hybridized carbons (Fsp3) is 0.864. The minimum Gasteiger partial charge on any atom is -0.483 e. The molecule has 1 aromatic heterocycles. The van der Waals surface area contributed by atoms with Crippen LogP contribution in [0.3, 0.4) is 0 Å². The smallest absolute Gasteiger partial charge is 0.163 e. The molecule has 1 unspecified atom stereocenters. The van der Waals surface area contributed by atoms with Crippen LogP contribution in [0.15, 0.2) is 6.20 Å². The number of aliphatic hydroxyl groups is 1. The van der Waals surface area contributed by atoms with E-state index < -0.39 is 6.10 Å². The average Bonchev–Trinajstić information content (AvgIpc) is 3.25. The molecule has 5 heteroatoms. The van der Waals surface area contributed by atoms with E-state index in [1.165, 1.54) is 45.1 Å². The molecular formula is C22H37N3O2. The Morgan fingerprint density at radius 1 is 1.22 bits per heavy atom. The number of hydrogen-bond acceptors (Lipinski definition) is 4. The molecule has 1 atom stereocenters. The van der Waals surface area contributed by atoms with Crippen molar-refractivity contribution in [3.63, 3.8) is 0 Å². The molecule has 4 rings (SSSR count). The molecule has 1 spiro atoms. The van der Waals surface area contributed by atoms with E-state index >= 15 is 0 Å². The lowest BCUT2D eigenvalue weighted by Gasteiger charge is -2.44. The fourth-order valence-electron chi connectivity index (χ4n) is 5.10. The lowest BCUT2D eigenvalue weighted by atomic mass is 9.83. The molecule has 1 saturated heterocycles. The highest BCUT2D eigenvalue weighted by molar-refractivity contribution is 5.31. The largest absolute Gasteiger partial charge is 0.483 e. The van der Waals surface area contributed by atoms with Crippen molar-refractivity contribution in [3.05, 3.63) is 11.9 Å². The van der Waals surface area contributed by atoms with Crippen LogP contribution in [0, 0.1) is 5.41 Å². The molecule has 0 aromatic carbocycles. The van der Waals surface area contributed by atoms with Crippen LogP contribution in [-0.2, 0) is 0 Å². The number of likely N-dealkylation sites (tertiary alicyclic amines) is 1. The van der Waals surface area contributed by atoms with Crippen molar-refractivity contribution in [3.8, 4) is 5.75 Å². The lowest BCUT2D eigenvalue weighted by molar-refractivity contribution is -0.0550. The van der Waals surface area contributed by atoms with Crippen LogP contribution >= 0.6 is 0 Å². The van der Waals surface area contributed by atoms with Crippen LogP contribution in [-0.4, -0.2) is 45.0 Å². The average molecular weight is 376 g/mol. The Morgan fingerprint density at radius 2 is 1.93 bits per heavy atom. The van der Waals surface area contributed by atoms with Crippen molar-refractivity contribution in [2.45, 2.75) is 96.3 Å². The normalized spacial score (nSPS) is 26.3. The molecular weight excluding hydrogens is 338 g/mol. The summed E-state index contributed by atoms with van der Waals surface area (Å²) in [5, 5.41) is 15.5. The molecule has 152 valence electrons. The first-order valence-corrected chi connectivity index (χ1v) is 11.0. The monoisotopic (exact) mass is 375 g/mol. The van der Waals surface area contributed by atoms with Crippen molar-refractivity contribution < 1.29 is 9.84 Å². The van der Waals surface area contributed by atoms with E-state index in [2.05, 4.69) is 36.5 Å². The predicted octanol–water partition coefficient (Wildman–Crippen LogP) is 4.48. The molecule has 2 aliphatic heterocycles. The van der Waals surface area contributed by atoms with Gasteiger partial charge < -0.3 is 14.7 Å². The van der Waals surface area contributed by atoms with Gasteiger partial charge in [-0.25, -0.2) is 0 Å². The number of nitrogens with zero attached hydrogens (tertiary/aromatic N) is 3. The number of aromatic nitrogens is 2. The van der Waals surface area contributed by atoms with Crippen LogP contribution < -0.4 is 4.74 Å². The molecule has 0 bridgehead atoms. The van der Waals surface area contributed by atoms with Crippen LogP contribution in [0.2, 0.25) is 0 Å². The van der Waals surface area contributed by atoms with Gasteiger partial charge in [0.2, 0.25) is 0 Å². The van der Waals surface area contributed by atoms with Crippen molar-refractivity contribution in [2.24, 2.45) is 5.41 Å². The Morgan fingerprint density at radius 3 is 2.59 bits per heavy atom. The Labute approximate surface area is 164 Å². The molecule has 1 saturated carbocycles. The zero-order valence-corrected chi connectivity index (χ0v) is 17.4. The van der Waals surface area contributed by atoms with E-state index in [-0.39, 0.29) is 5.60 Å². The van der Waals surface area contributed by atoms with Gasteiger partial charge in [0.15, 0.2) is 5.75 Å². The Bertz CT molecular complexity index is 634. The second-order valence-electron chi connectivity index (χ2n) is 10.3. The third-order valence-electron chi connectivity index (χ3n) is 6.80. The van der Waals surface area contributed by atoms with Gasteiger partial charge in [-0.2, -0.15) is 5.10 Å². The Kier molecular flexibility index (Phi) is 5.28. The summed E-state index contributed by atoms with van der Waals surface area (Å²) in [6, 6.07) is 0.493. The summed E-state index contributed by atoms with van der Waals surface area (Å²) in [6.07, 6.45) is 11.8. The van der Waals surface area contributed by atoms with Gasteiger partial charge in [0, 0.05) is 19.5 Å². The highest BCUT2D eigenvalue weighted by Crippen LogP contribution is 2.44. The molecule has 0 radical (unpaired) electrons. The van der Waals surface area contributed by atoms with Crippen molar-refractivity contribution >= 4 is 0 Å². The molecule has 1 aromatic rings. The first-order valence-electron chi connectivity index (χ1n) is 11.0. The van der Waals surface area contributed by atoms with Gasteiger partial charge in [-0.3, -0.25) is 4.68 Å². The lowest BCUT2D eigenvalue weighted by Crippen LogP contribution is -2.50. The van der Waals surface area contributed by atoms with Gasteiger partial charge in [-0.15, -0.1) is 0 Å². The first-order chi connectivity index (χ1) is 12.8. The molecule has 3 heterocycles. The summed E-state index contributed by atoms with van der Waals surface area (Å²) < 4.78 is 8.58. The minimum atomic E-state index is -0.483. The number of hydrogen-bond donors (Lipinski definition) is 1. The van der Waals surface area contributed by atoms with E-state index in [9.17, 15) is 5.11 Å². The van der Waals surface area contributed by atoms with Crippen LogP contribution in [0.4, 0.5) is 0 Å². The van der Waals surface area contributed by atoms with E-state index in [4.69, 9.17) is 9.84 Å².